The Labute approximate surface area is 90.2 Å². The lowest BCUT2D eigenvalue weighted by molar-refractivity contribution is 0.0131. The van der Waals surface area contributed by atoms with Crippen molar-refractivity contribution >= 4 is 11.6 Å². The minimum atomic E-state index is -0.867. The van der Waals surface area contributed by atoms with Gasteiger partial charge in [0.2, 0.25) is 0 Å². The minimum Gasteiger partial charge on any atom is -0.512 e. The average Bonchev–Trinajstić information content (AvgIpc) is 2.15. The number of hydrogen-bond acceptors (Lipinski definition) is 2. The van der Waals surface area contributed by atoms with Crippen molar-refractivity contribution < 1.29 is 9.84 Å². The van der Waals surface area contributed by atoms with Crippen LogP contribution in [0.15, 0.2) is 24.0 Å². The van der Waals surface area contributed by atoms with Crippen molar-refractivity contribution in [2.45, 2.75) is 31.7 Å². The number of aliphatic hydroxyl groups excluding tert-OH is 1. The quantitative estimate of drug-likeness (QED) is 0.577. The summed E-state index contributed by atoms with van der Waals surface area (Å²) in [5, 5.41) is 8.65. The van der Waals surface area contributed by atoms with Gasteiger partial charge in [0.05, 0.1) is 11.7 Å². The standard InChI is InChI=1S/C11H17ClO2/c1-3-4-8-14-11(12)7-5-6-10(13)9(11)2/h5-7,9,13H,3-4,8H2,1-2H3. The zero-order chi connectivity index (χ0) is 10.6. The van der Waals surface area contributed by atoms with Crippen molar-refractivity contribution in [2.24, 2.45) is 5.92 Å². The van der Waals surface area contributed by atoms with E-state index in [0.717, 1.165) is 12.8 Å². The summed E-state index contributed by atoms with van der Waals surface area (Å²) in [5.41, 5.74) is 0. The average molecular weight is 217 g/mol. The Hall–Kier alpha value is -0.470. The fourth-order valence-corrected chi connectivity index (χ4v) is 1.58. The molecule has 2 atom stereocenters. The third kappa shape index (κ3) is 2.52. The van der Waals surface area contributed by atoms with E-state index < -0.39 is 5.06 Å². The van der Waals surface area contributed by atoms with E-state index in [1.165, 1.54) is 0 Å². The SMILES string of the molecule is CCCCOC1(Cl)C=CC=C(O)C1C. The van der Waals surface area contributed by atoms with Crippen LogP contribution in [0.3, 0.4) is 0 Å². The number of alkyl halides is 1. The van der Waals surface area contributed by atoms with Crippen LogP contribution in [-0.2, 0) is 4.74 Å². The van der Waals surface area contributed by atoms with E-state index in [9.17, 15) is 5.11 Å². The predicted molar refractivity (Wildman–Crippen MR) is 58.5 cm³/mol. The van der Waals surface area contributed by atoms with Crippen molar-refractivity contribution in [3.8, 4) is 0 Å². The Morgan fingerprint density at radius 2 is 2.36 bits per heavy atom. The Morgan fingerprint density at radius 1 is 1.64 bits per heavy atom. The molecule has 0 radical (unpaired) electrons. The molecule has 1 aliphatic carbocycles. The van der Waals surface area contributed by atoms with E-state index in [2.05, 4.69) is 6.92 Å². The summed E-state index contributed by atoms with van der Waals surface area (Å²) >= 11 is 6.25. The Bertz CT molecular complexity index is 248. The van der Waals surface area contributed by atoms with Gasteiger partial charge in [0, 0.05) is 6.61 Å². The van der Waals surface area contributed by atoms with E-state index in [1.807, 2.05) is 6.92 Å². The molecule has 0 fully saturated rings. The third-order valence-corrected chi connectivity index (χ3v) is 3.01. The number of allylic oxidation sites excluding steroid dienone is 2. The second kappa shape index (κ2) is 4.85. The third-order valence-electron chi connectivity index (χ3n) is 2.45. The maximum atomic E-state index is 9.52. The molecule has 2 nitrogen and oxygen atoms in total. The summed E-state index contributed by atoms with van der Waals surface area (Å²) in [7, 11) is 0. The van der Waals surface area contributed by atoms with Crippen molar-refractivity contribution in [1.82, 2.24) is 0 Å². The van der Waals surface area contributed by atoms with Crippen molar-refractivity contribution in [3.05, 3.63) is 24.0 Å². The van der Waals surface area contributed by atoms with Crippen LogP contribution >= 0.6 is 11.6 Å². The first-order valence-corrected chi connectivity index (χ1v) is 5.39. The van der Waals surface area contributed by atoms with Crippen molar-refractivity contribution in [2.75, 3.05) is 6.61 Å². The highest BCUT2D eigenvalue weighted by Gasteiger charge is 2.36. The maximum absolute atomic E-state index is 9.52. The van der Waals surface area contributed by atoms with Crippen LogP contribution in [0.25, 0.3) is 0 Å². The van der Waals surface area contributed by atoms with Gasteiger partial charge in [0.25, 0.3) is 0 Å². The van der Waals surface area contributed by atoms with E-state index in [0.29, 0.717) is 6.61 Å². The predicted octanol–water partition coefficient (Wildman–Crippen LogP) is 3.39. The van der Waals surface area contributed by atoms with Gasteiger partial charge in [-0.2, -0.15) is 0 Å². The molecular weight excluding hydrogens is 200 g/mol. The highest BCUT2D eigenvalue weighted by Crippen LogP contribution is 2.35. The number of unbranched alkanes of at least 4 members (excludes halogenated alkanes) is 1. The molecular formula is C11H17ClO2. The second-order valence-electron chi connectivity index (χ2n) is 3.57. The first-order valence-electron chi connectivity index (χ1n) is 5.01. The molecule has 0 saturated heterocycles. The summed E-state index contributed by atoms with van der Waals surface area (Å²) < 4.78 is 5.57. The first kappa shape index (κ1) is 11.6. The summed E-state index contributed by atoms with van der Waals surface area (Å²) in [6, 6.07) is 0. The molecule has 1 aliphatic rings. The van der Waals surface area contributed by atoms with Crippen LogP contribution in [0.4, 0.5) is 0 Å². The second-order valence-corrected chi connectivity index (χ2v) is 4.16. The Balaban J connectivity index is 2.56. The number of halogens is 1. The number of rotatable bonds is 4. The number of aliphatic hydroxyl groups is 1. The molecule has 0 aromatic carbocycles. The summed E-state index contributed by atoms with van der Waals surface area (Å²) in [6.45, 7) is 4.58. The molecule has 1 N–H and O–H groups in total. The maximum Gasteiger partial charge on any atom is 0.170 e. The molecule has 0 heterocycles. The molecule has 14 heavy (non-hydrogen) atoms. The minimum absolute atomic E-state index is 0.189. The zero-order valence-corrected chi connectivity index (χ0v) is 9.42. The molecule has 0 aromatic heterocycles. The van der Waals surface area contributed by atoms with E-state index in [1.54, 1.807) is 18.2 Å². The van der Waals surface area contributed by atoms with Crippen LogP contribution in [0.1, 0.15) is 26.7 Å². The van der Waals surface area contributed by atoms with Crippen molar-refractivity contribution in [1.29, 1.82) is 0 Å². The fourth-order valence-electron chi connectivity index (χ4n) is 1.31. The van der Waals surface area contributed by atoms with Gasteiger partial charge in [-0.3, -0.25) is 0 Å². The van der Waals surface area contributed by atoms with Gasteiger partial charge in [-0.05, 0) is 18.6 Å². The van der Waals surface area contributed by atoms with Gasteiger partial charge in [-0.15, -0.1) is 0 Å². The lowest BCUT2D eigenvalue weighted by atomic mass is 9.97. The lowest BCUT2D eigenvalue weighted by Crippen LogP contribution is -2.34. The molecule has 0 amide bonds. The molecule has 0 aromatic rings. The summed E-state index contributed by atoms with van der Waals surface area (Å²) in [6.07, 6.45) is 7.23. The van der Waals surface area contributed by atoms with Gasteiger partial charge >= 0.3 is 0 Å². The fraction of sp³-hybridized carbons (Fsp3) is 0.636. The lowest BCUT2D eigenvalue weighted by Gasteiger charge is -2.32. The van der Waals surface area contributed by atoms with Gasteiger partial charge < -0.3 is 9.84 Å². The van der Waals surface area contributed by atoms with Crippen LogP contribution in [0.5, 0.6) is 0 Å². The Kier molecular flexibility index (Phi) is 4.02. The molecule has 2 unspecified atom stereocenters. The first-order chi connectivity index (χ1) is 6.60. The monoisotopic (exact) mass is 216 g/mol. The highest BCUT2D eigenvalue weighted by molar-refractivity contribution is 6.24. The normalized spacial score (nSPS) is 31.6. The summed E-state index contributed by atoms with van der Waals surface area (Å²) in [4.78, 5) is 0. The topological polar surface area (TPSA) is 29.5 Å². The molecule has 80 valence electrons. The molecule has 0 saturated carbocycles. The zero-order valence-electron chi connectivity index (χ0n) is 8.66. The van der Waals surface area contributed by atoms with Crippen LogP contribution in [-0.4, -0.2) is 16.8 Å². The summed E-state index contributed by atoms with van der Waals surface area (Å²) in [5.74, 6) is 0.0880. The van der Waals surface area contributed by atoms with Gasteiger partial charge in [-0.1, -0.05) is 37.9 Å². The van der Waals surface area contributed by atoms with E-state index in [-0.39, 0.29) is 11.7 Å². The molecule has 0 spiro atoms. The van der Waals surface area contributed by atoms with Crippen LogP contribution < -0.4 is 0 Å². The molecule has 0 bridgehead atoms. The van der Waals surface area contributed by atoms with E-state index >= 15 is 0 Å². The molecule has 1 rings (SSSR count). The van der Waals surface area contributed by atoms with E-state index in [4.69, 9.17) is 16.3 Å². The number of ether oxygens (including phenoxy) is 1. The smallest absolute Gasteiger partial charge is 0.170 e. The molecule has 3 heteroatoms. The number of hydrogen-bond donors (Lipinski definition) is 1. The van der Waals surface area contributed by atoms with Crippen LogP contribution in [0.2, 0.25) is 0 Å². The largest absolute Gasteiger partial charge is 0.512 e. The molecule has 0 aliphatic heterocycles. The Morgan fingerprint density at radius 3 is 3.00 bits per heavy atom. The van der Waals surface area contributed by atoms with Gasteiger partial charge in [-0.25, -0.2) is 0 Å². The van der Waals surface area contributed by atoms with Gasteiger partial charge in [0.15, 0.2) is 5.06 Å². The van der Waals surface area contributed by atoms with Crippen molar-refractivity contribution in [3.63, 3.8) is 0 Å². The highest BCUT2D eigenvalue weighted by atomic mass is 35.5. The van der Waals surface area contributed by atoms with Gasteiger partial charge in [0.1, 0.15) is 0 Å². The van der Waals surface area contributed by atoms with Crippen LogP contribution in [0, 0.1) is 5.92 Å².